The van der Waals surface area contributed by atoms with Gasteiger partial charge < -0.3 is 5.73 Å². The molecule has 1 saturated heterocycles. The van der Waals surface area contributed by atoms with Crippen LogP contribution in [-0.4, -0.2) is 42.6 Å². The van der Waals surface area contributed by atoms with Crippen LogP contribution in [0, 0.1) is 6.92 Å². The maximum absolute atomic E-state index is 6.20. The molecule has 2 N–H and O–H groups in total. The number of nitrogens with two attached hydrogens (primary N) is 1. The average molecular weight is 365 g/mol. The van der Waals surface area contributed by atoms with E-state index >= 15 is 0 Å². The molecule has 3 aromatic rings. The van der Waals surface area contributed by atoms with E-state index in [-0.39, 0.29) is 0 Å². The fraction of sp³-hybridized carbons (Fsp3) is 0.500. The van der Waals surface area contributed by atoms with Crippen LogP contribution in [0.3, 0.4) is 0 Å². The second-order valence-corrected chi connectivity index (χ2v) is 7.49. The third-order valence-corrected chi connectivity index (χ3v) is 5.16. The van der Waals surface area contributed by atoms with E-state index in [0.29, 0.717) is 11.7 Å². The number of anilines is 1. The molecular formula is C20H27N7. The Labute approximate surface area is 159 Å². The zero-order valence-corrected chi connectivity index (χ0v) is 16.1. The first kappa shape index (κ1) is 17.9. The Morgan fingerprint density at radius 3 is 2.81 bits per heavy atom. The van der Waals surface area contributed by atoms with Crippen LogP contribution < -0.4 is 5.73 Å². The fourth-order valence-corrected chi connectivity index (χ4v) is 3.86. The first-order valence-electron chi connectivity index (χ1n) is 9.77. The van der Waals surface area contributed by atoms with Crippen molar-refractivity contribution in [2.24, 2.45) is 0 Å². The first-order valence-corrected chi connectivity index (χ1v) is 9.77. The number of piperidine rings is 1. The number of rotatable bonds is 5. The molecule has 4 heterocycles. The number of nitrogen functional groups attached to an aromatic ring is 1. The lowest BCUT2D eigenvalue weighted by Gasteiger charge is -2.32. The molecule has 3 aromatic heterocycles. The van der Waals surface area contributed by atoms with Gasteiger partial charge in [-0.15, -0.1) is 0 Å². The SMILES string of the molecule is CCCc1ncc(CN2CCCC(c3cc(N)n4nc(C)cc4n3)C2)cn1. The normalized spacial score (nSPS) is 18.2. The molecule has 4 rings (SSSR count). The summed E-state index contributed by atoms with van der Waals surface area (Å²) in [7, 11) is 0. The maximum Gasteiger partial charge on any atom is 0.157 e. The third kappa shape index (κ3) is 3.93. The Morgan fingerprint density at radius 2 is 2.04 bits per heavy atom. The Balaban J connectivity index is 1.47. The van der Waals surface area contributed by atoms with Crippen molar-refractivity contribution in [3.05, 3.63) is 47.3 Å². The molecule has 1 aliphatic heterocycles. The van der Waals surface area contributed by atoms with Crippen LogP contribution in [0.2, 0.25) is 0 Å². The molecule has 0 saturated carbocycles. The Morgan fingerprint density at radius 1 is 1.22 bits per heavy atom. The van der Waals surface area contributed by atoms with Crippen LogP contribution >= 0.6 is 0 Å². The van der Waals surface area contributed by atoms with E-state index in [1.165, 1.54) is 5.56 Å². The van der Waals surface area contributed by atoms with Gasteiger partial charge in [0.1, 0.15) is 11.6 Å². The van der Waals surface area contributed by atoms with Gasteiger partial charge in [0.15, 0.2) is 5.65 Å². The highest BCUT2D eigenvalue weighted by Gasteiger charge is 2.23. The molecule has 7 heteroatoms. The van der Waals surface area contributed by atoms with E-state index in [9.17, 15) is 0 Å². The number of fused-ring (bicyclic) bond motifs is 1. The van der Waals surface area contributed by atoms with Crippen LogP contribution in [0.25, 0.3) is 5.65 Å². The summed E-state index contributed by atoms with van der Waals surface area (Å²) < 4.78 is 1.72. The molecule has 1 atom stereocenters. The van der Waals surface area contributed by atoms with Crippen molar-refractivity contribution >= 4 is 11.5 Å². The van der Waals surface area contributed by atoms with Crippen LogP contribution in [0.4, 0.5) is 5.82 Å². The first-order chi connectivity index (χ1) is 13.1. The lowest BCUT2D eigenvalue weighted by molar-refractivity contribution is 0.198. The van der Waals surface area contributed by atoms with Gasteiger partial charge in [0.05, 0.1) is 11.4 Å². The summed E-state index contributed by atoms with van der Waals surface area (Å²) in [4.78, 5) is 16.3. The van der Waals surface area contributed by atoms with E-state index in [2.05, 4.69) is 26.9 Å². The number of hydrogen-bond donors (Lipinski definition) is 1. The van der Waals surface area contributed by atoms with Gasteiger partial charge in [-0.1, -0.05) is 6.92 Å². The van der Waals surface area contributed by atoms with Gasteiger partial charge in [0.2, 0.25) is 0 Å². The van der Waals surface area contributed by atoms with Crippen molar-refractivity contribution in [1.82, 2.24) is 29.5 Å². The zero-order valence-electron chi connectivity index (χ0n) is 16.1. The molecule has 27 heavy (non-hydrogen) atoms. The zero-order chi connectivity index (χ0) is 18.8. The summed E-state index contributed by atoms with van der Waals surface area (Å²) in [6.45, 7) is 7.06. The highest BCUT2D eigenvalue weighted by atomic mass is 15.3. The fourth-order valence-electron chi connectivity index (χ4n) is 3.86. The third-order valence-electron chi connectivity index (χ3n) is 5.16. The monoisotopic (exact) mass is 365 g/mol. The summed E-state index contributed by atoms with van der Waals surface area (Å²) in [5.41, 5.74) is 10.2. The number of aryl methyl sites for hydroxylation is 2. The van der Waals surface area contributed by atoms with E-state index in [1.807, 2.05) is 31.5 Å². The molecular weight excluding hydrogens is 338 g/mol. The van der Waals surface area contributed by atoms with E-state index in [4.69, 9.17) is 10.7 Å². The lowest BCUT2D eigenvalue weighted by atomic mass is 9.94. The second kappa shape index (κ2) is 7.60. The molecule has 1 unspecified atom stereocenters. The molecule has 1 fully saturated rings. The standard InChI is InChI=1S/C20H27N7/c1-3-5-19-22-10-15(11-23-19)12-26-7-4-6-16(13-26)17-9-18(21)27-20(24-17)8-14(2)25-27/h8-11,16H,3-7,12-13,21H2,1-2H3. The maximum atomic E-state index is 6.20. The van der Waals surface area contributed by atoms with Gasteiger partial charge in [-0.25, -0.2) is 15.0 Å². The van der Waals surface area contributed by atoms with Crippen LogP contribution in [0.1, 0.15) is 54.9 Å². The topological polar surface area (TPSA) is 85.2 Å². The smallest absolute Gasteiger partial charge is 0.157 e. The van der Waals surface area contributed by atoms with Crippen molar-refractivity contribution in [2.45, 2.75) is 52.0 Å². The minimum absolute atomic E-state index is 0.390. The molecule has 0 amide bonds. The number of hydrogen-bond acceptors (Lipinski definition) is 6. The molecule has 1 aliphatic rings. The Bertz CT molecular complexity index is 916. The van der Waals surface area contributed by atoms with Gasteiger partial charge in [-0.2, -0.15) is 9.61 Å². The molecule has 142 valence electrons. The summed E-state index contributed by atoms with van der Waals surface area (Å²) in [5, 5.41) is 4.39. The summed E-state index contributed by atoms with van der Waals surface area (Å²) in [6, 6.07) is 3.96. The van der Waals surface area contributed by atoms with Gasteiger partial charge in [-0.3, -0.25) is 4.90 Å². The van der Waals surface area contributed by atoms with Crippen molar-refractivity contribution in [1.29, 1.82) is 0 Å². The Hall–Kier alpha value is -2.54. The summed E-state index contributed by atoms with van der Waals surface area (Å²) in [5.74, 6) is 1.98. The largest absolute Gasteiger partial charge is 0.384 e. The van der Waals surface area contributed by atoms with Crippen molar-refractivity contribution in [2.75, 3.05) is 18.8 Å². The number of likely N-dealkylation sites (tertiary alicyclic amines) is 1. The van der Waals surface area contributed by atoms with Crippen molar-refractivity contribution < 1.29 is 0 Å². The minimum atomic E-state index is 0.390. The van der Waals surface area contributed by atoms with Crippen molar-refractivity contribution in [3.63, 3.8) is 0 Å². The van der Waals surface area contributed by atoms with Gasteiger partial charge in [-0.05, 0) is 32.7 Å². The van der Waals surface area contributed by atoms with Crippen molar-refractivity contribution in [3.8, 4) is 0 Å². The van der Waals surface area contributed by atoms with Gasteiger partial charge in [0.25, 0.3) is 0 Å². The van der Waals surface area contributed by atoms with Gasteiger partial charge in [0, 0.05) is 55.5 Å². The van der Waals surface area contributed by atoms with E-state index in [1.54, 1.807) is 4.52 Å². The highest BCUT2D eigenvalue weighted by molar-refractivity contribution is 5.48. The molecule has 0 aliphatic carbocycles. The molecule has 0 spiro atoms. The molecule has 0 bridgehead atoms. The van der Waals surface area contributed by atoms with E-state index in [0.717, 1.165) is 68.2 Å². The predicted octanol–water partition coefficient (Wildman–Crippen LogP) is 2.74. The molecule has 7 nitrogen and oxygen atoms in total. The number of nitrogens with zero attached hydrogens (tertiary/aromatic N) is 6. The second-order valence-electron chi connectivity index (χ2n) is 7.49. The van der Waals surface area contributed by atoms with Crippen LogP contribution in [-0.2, 0) is 13.0 Å². The minimum Gasteiger partial charge on any atom is -0.384 e. The quantitative estimate of drug-likeness (QED) is 0.748. The average Bonchev–Trinajstić information content (AvgIpc) is 3.05. The van der Waals surface area contributed by atoms with E-state index < -0.39 is 0 Å². The molecule has 0 aromatic carbocycles. The summed E-state index contributed by atoms with van der Waals surface area (Å²) in [6.07, 6.45) is 8.25. The van der Waals surface area contributed by atoms with Gasteiger partial charge >= 0.3 is 0 Å². The predicted molar refractivity (Wildman–Crippen MR) is 105 cm³/mol. The summed E-state index contributed by atoms with van der Waals surface area (Å²) >= 11 is 0. The number of aromatic nitrogens is 5. The molecule has 0 radical (unpaired) electrons. The Kier molecular flexibility index (Phi) is 5.03. The highest BCUT2D eigenvalue weighted by Crippen LogP contribution is 2.28. The van der Waals surface area contributed by atoms with Crippen LogP contribution in [0.5, 0.6) is 0 Å². The lowest BCUT2D eigenvalue weighted by Crippen LogP contribution is -2.34. The van der Waals surface area contributed by atoms with Crippen LogP contribution in [0.15, 0.2) is 24.5 Å².